The molecule has 3 N–H and O–H groups in total. The molecule has 0 atom stereocenters. The number of hydrogen-bond donors (Lipinski definition) is 2. The summed E-state index contributed by atoms with van der Waals surface area (Å²) in [5.74, 6) is 0.296. The highest BCUT2D eigenvalue weighted by Crippen LogP contribution is 2.40. The summed E-state index contributed by atoms with van der Waals surface area (Å²) >= 11 is 0. The average molecular weight is 292 g/mol. The van der Waals surface area contributed by atoms with E-state index in [1.807, 2.05) is 0 Å². The Morgan fingerprint density at radius 1 is 1.24 bits per heavy atom. The van der Waals surface area contributed by atoms with E-state index in [1.54, 1.807) is 6.07 Å². The molecular weight excluding hydrogens is 267 g/mol. The molecule has 0 radical (unpaired) electrons. The van der Waals surface area contributed by atoms with E-state index in [2.05, 4.69) is 26.1 Å². The number of amides is 1. The van der Waals surface area contributed by atoms with E-state index < -0.39 is 5.82 Å². The highest BCUT2D eigenvalue weighted by Gasteiger charge is 2.32. The molecule has 116 valence electrons. The van der Waals surface area contributed by atoms with Crippen molar-refractivity contribution in [3.05, 3.63) is 24.0 Å². The molecule has 1 aromatic carbocycles. The van der Waals surface area contributed by atoms with Crippen LogP contribution in [0.25, 0.3) is 0 Å². The van der Waals surface area contributed by atoms with Crippen molar-refractivity contribution >= 4 is 17.3 Å². The summed E-state index contributed by atoms with van der Waals surface area (Å²) in [5.41, 5.74) is 6.45. The van der Waals surface area contributed by atoms with E-state index in [9.17, 15) is 9.18 Å². The molecule has 1 aliphatic carbocycles. The summed E-state index contributed by atoms with van der Waals surface area (Å²) in [5, 5.41) is 2.85. The normalized spacial score (nSPS) is 22.9. The predicted octanol–water partition coefficient (Wildman–Crippen LogP) is 4.20. The molecule has 0 saturated heterocycles. The first-order chi connectivity index (χ1) is 9.77. The number of nitrogen functional groups attached to an aromatic ring is 1. The number of rotatable bonds is 2. The van der Waals surface area contributed by atoms with Gasteiger partial charge in [0.2, 0.25) is 5.91 Å². The fraction of sp³-hybridized carbons (Fsp3) is 0.588. The van der Waals surface area contributed by atoms with Gasteiger partial charge in [-0.1, -0.05) is 20.8 Å². The largest absolute Gasteiger partial charge is 0.396 e. The molecule has 1 aromatic rings. The van der Waals surface area contributed by atoms with Crippen LogP contribution in [-0.2, 0) is 4.79 Å². The van der Waals surface area contributed by atoms with Crippen LogP contribution in [0.3, 0.4) is 0 Å². The fourth-order valence-electron chi connectivity index (χ4n) is 3.09. The molecule has 21 heavy (non-hydrogen) atoms. The zero-order chi connectivity index (χ0) is 15.6. The Bertz CT molecular complexity index is 514. The molecule has 0 unspecified atom stereocenters. The van der Waals surface area contributed by atoms with Crippen LogP contribution in [0, 0.1) is 23.1 Å². The lowest BCUT2D eigenvalue weighted by atomic mass is 9.69. The van der Waals surface area contributed by atoms with E-state index in [0.717, 1.165) is 25.7 Å². The third-order valence-corrected chi connectivity index (χ3v) is 4.59. The summed E-state index contributed by atoms with van der Waals surface area (Å²) < 4.78 is 13.1. The Morgan fingerprint density at radius 3 is 2.38 bits per heavy atom. The third-order valence-electron chi connectivity index (χ3n) is 4.59. The molecule has 2 rings (SSSR count). The maximum Gasteiger partial charge on any atom is 0.227 e. The molecule has 0 spiro atoms. The zero-order valence-electron chi connectivity index (χ0n) is 13.1. The highest BCUT2D eigenvalue weighted by atomic mass is 19.1. The van der Waals surface area contributed by atoms with Gasteiger partial charge in [-0.2, -0.15) is 0 Å². The first-order valence-corrected chi connectivity index (χ1v) is 7.63. The van der Waals surface area contributed by atoms with Gasteiger partial charge >= 0.3 is 0 Å². The van der Waals surface area contributed by atoms with Gasteiger partial charge in [0.1, 0.15) is 5.82 Å². The molecule has 1 aliphatic rings. The van der Waals surface area contributed by atoms with Crippen LogP contribution in [0.2, 0.25) is 0 Å². The van der Waals surface area contributed by atoms with Crippen molar-refractivity contribution in [2.24, 2.45) is 17.3 Å². The second kappa shape index (κ2) is 6.04. The molecular formula is C17H25FN2O. The summed E-state index contributed by atoms with van der Waals surface area (Å²) in [6, 6.07) is 4.29. The molecule has 1 amide bonds. The Labute approximate surface area is 126 Å². The number of nitrogens with two attached hydrogens (primary N) is 1. The van der Waals surface area contributed by atoms with Gasteiger partial charge in [-0.25, -0.2) is 4.39 Å². The Balaban J connectivity index is 1.92. The van der Waals surface area contributed by atoms with E-state index >= 15 is 0 Å². The average Bonchev–Trinajstić information content (AvgIpc) is 2.42. The molecule has 0 bridgehead atoms. The van der Waals surface area contributed by atoms with Gasteiger partial charge in [-0.15, -0.1) is 0 Å². The predicted molar refractivity (Wildman–Crippen MR) is 84.3 cm³/mol. The number of anilines is 2. The van der Waals surface area contributed by atoms with Crippen LogP contribution < -0.4 is 11.1 Å². The first-order valence-electron chi connectivity index (χ1n) is 7.63. The van der Waals surface area contributed by atoms with E-state index in [4.69, 9.17) is 5.73 Å². The molecule has 1 fully saturated rings. The molecule has 0 aliphatic heterocycles. The van der Waals surface area contributed by atoms with Gasteiger partial charge in [0.05, 0.1) is 5.69 Å². The number of carbonyl (C=O) groups excluding carboxylic acids is 1. The SMILES string of the molecule is CC(C)(C)C1CCC(C(=O)Nc2ccc(F)c(N)c2)CC1. The van der Waals surface area contributed by atoms with Crippen LogP contribution >= 0.6 is 0 Å². The highest BCUT2D eigenvalue weighted by molar-refractivity contribution is 5.93. The van der Waals surface area contributed by atoms with Gasteiger partial charge < -0.3 is 11.1 Å². The number of benzene rings is 1. The van der Waals surface area contributed by atoms with Crippen LogP contribution in [0.15, 0.2) is 18.2 Å². The maximum absolute atomic E-state index is 13.1. The van der Waals surface area contributed by atoms with Gasteiger partial charge in [0.25, 0.3) is 0 Å². The topological polar surface area (TPSA) is 55.1 Å². The van der Waals surface area contributed by atoms with Gasteiger partial charge in [-0.05, 0) is 55.2 Å². The molecule has 4 heteroatoms. The quantitative estimate of drug-likeness (QED) is 0.803. The van der Waals surface area contributed by atoms with Crippen molar-refractivity contribution < 1.29 is 9.18 Å². The molecule has 1 saturated carbocycles. The zero-order valence-corrected chi connectivity index (χ0v) is 13.1. The molecule has 3 nitrogen and oxygen atoms in total. The van der Waals surface area contributed by atoms with Gasteiger partial charge in [0.15, 0.2) is 0 Å². The van der Waals surface area contributed by atoms with Gasteiger partial charge in [-0.3, -0.25) is 4.79 Å². The van der Waals surface area contributed by atoms with E-state index in [1.165, 1.54) is 12.1 Å². The van der Waals surface area contributed by atoms with Crippen molar-refractivity contribution in [2.45, 2.75) is 46.5 Å². The maximum atomic E-state index is 13.1. The van der Waals surface area contributed by atoms with Crippen molar-refractivity contribution in [1.82, 2.24) is 0 Å². The van der Waals surface area contributed by atoms with Crippen molar-refractivity contribution in [2.75, 3.05) is 11.1 Å². The molecule has 0 heterocycles. The number of halogens is 1. The van der Waals surface area contributed by atoms with Crippen molar-refractivity contribution in [3.8, 4) is 0 Å². The summed E-state index contributed by atoms with van der Waals surface area (Å²) in [6.45, 7) is 6.79. The minimum Gasteiger partial charge on any atom is -0.396 e. The lowest BCUT2D eigenvalue weighted by Gasteiger charge is -2.36. The Morgan fingerprint density at radius 2 is 1.86 bits per heavy atom. The third kappa shape index (κ3) is 3.96. The van der Waals surface area contributed by atoms with Crippen LogP contribution in [-0.4, -0.2) is 5.91 Å². The minimum atomic E-state index is -0.460. The van der Waals surface area contributed by atoms with E-state index in [0.29, 0.717) is 17.0 Å². The fourth-order valence-corrected chi connectivity index (χ4v) is 3.09. The first kappa shape index (κ1) is 15.8. The van der Waals surface area contributed by atoms with Crippen molar-refractivity contribution in [1.29, 1.82) is 0 Å². The van der Waals surface area contributed by atoms with E-state index in [-0.39, 0.29) is 17.5 Å². The Hall–Kier alpha value is -1.58. The monoisotopic (exact) mass is 292 g/mol. The second-order valence-corrected chi connectivity index (χ2v) is 7.14. The standard InChI is InChI=1S/C17H25FN2O/c1-17(2,3)12-6-4-11(5-7-12)16(21)20-13-8-9-14(18)15(19)10-13/h8-12H,4-7,19H2,1-3H3,(H,20,21). The van der Waals surface area contributed by atoms with Crippen LogP contribution in [0.4, 0.5) is 15.8 Å². The van der Waals surface area contributed by atoms with Crippen LogP contribution in [0.5, 0.6) is 0 Å². The number of carbonyl (C=O) groups is 1. The van der Waals surface area contributed by atoms with Gasteiger partial charge in [0, 0.05) is 11.6 Å². The summed E-state index contributed by atoms with van der Waals surface area (Å²) in [7, 11) is 0. The number of nitrogens with one attached hydrogen (secondary N) is 1. The Kier molecular flexibility index (Phi) is 4.55. The summed E-state index contributed by atoms with van der Waals surface area (Å²) in [4.78, 5) is 12.3. The lowest BCUT2D eigenvalue weighted by molar-refractivity contribution is -0.121. The van der Waals surface area contributed by atoms with Crippen molar-refractivity contribution in [3.63, 3.8) is 0 Å². The summed E-state index contributed by atoms with van der Waals surface area (Å²) in [6.07, 6.45) is 4.02. The lowest BCUT2D eigenvalue weighted by Crippen LogP contribution is -2.31. The smallest absolute Gasteiger partial charge is 0.227 e. The molecule has 0 aromatic heterocycles. The second-order valence-electron chi connectivity index (χ2n) is 7.14. The minimum absolute atomic E-state index is 0.0216. The van der Waals surface area contributed by atoms with Crippen LogP contribution in [0.1, 0.15) is 46.5 Å². The number of hydrogen-bond acceptors (Lipinski definition) is 2.